The molecule has 1 unspecified atom stereocenters. The van der Waals surface area contributed by atoms with Crippen LogP contribution < -0.4 is 9.62 Å². The quantitative estimate of drug-likeness (QED) is 0.848. The van der Waals surface area contributed by atoms with Gasteiger partial charge in [-0.05, 0) is 42.5 Å². The number of carbonyl (C=O) groups excluding carboxylic acids is 1. The summed E-state index contributed by atoms with van der Waals surface area (Å²) in [5.41, 5.74) is 1.80. The third kappa shape index (κ3) is 4.44. The average Bonchev–Trinajstić information content (AvgIpc) is 2.60. The van der Waals surface area contributed by atoms with Crippen LogP contribution in [0.2, 0.25) is 0 Å². The van der Waals surface area contributed by atoms with Crippen molar-refractivity contribution in [1.82, 2.24) is 5.32 Å². The van der Waals surface area contributed by atoms with Crippen molar-refractivity contribution >= 4 is 21.6 Å². The van der Waals surface area contributed by atoms with Crippen LogP contribution in [0.25, 0.3) is 0 Å². The first-order chi connectivity index (χ1) is 12.8. The second-order valence-corrected chi connectivity index (χ2v) is 8.48. The molecular weight excluding hydrogens is 374 g/mol. The molecule has 0 fully saturated rings. The van der Waals surface area contributed by atoms with E-state index >= 15 is 0 Å². The first-order valence-corrected chi connectivity index (χ1v) is 10.4. The van der Waals surface area contributed by atoms with E-state index in [-0.39, 0.29) is 11.7 Å². The third-order valence-corrected chi connectivity index (χ3v) is 5.70. The van der Waals surface area contributed by atoms with E-state index in [0.29, 0.717) is 10.4 Å². The minimum atomic E-state index is -3.94. The highest BCUT2D eigenvalue weighted by Gasteiger charge is 2.27. The number of sulfonamides is 1. The Labute approximate surface area is 157 Å². The predicted molar refractivity (Wildman–Crippen MR) is 98.8 cm³/mol. The highest BCUT2D eigenvalue weighted by Crippen LogP contribution is 2.29. The van der Waals surface area contributed by atoms with Crippen molar-refractivity contribution in [3.05, 3.63) is 65.2 Å². The molecule has 1 N–H and O–H groups in total. The maximum absolute atomic E-state index is 14.1. The van der Waals surface area contributed by atoms with Gasteiger partial charge in [-0.15, -0.1) is 0 Å². The van der Waals surface area contributed by atoms with Gasteiger partial charge in [0.15, 0.2) is 0 Å². The molecule has 5 nitrogen and oxygen atoms in total. The molecule has 0 spiro atoms. The lowest BCUT2D eigenvalue weighted by molar-refractivity contribution is -0.120. The molecular formula is C19H20F2N2O3S. The van der Waals surface area contributed by atoms with Gasteiger partial charge in [0.2, 0.25) is 15.9 Å². The standard InChI is InChI=1S/C19H20F2N2O3S/c1-27(25,26)23(18-10-9-14(20)11-16(18)21)12-19(24)22-17-8-4-6-13-5-2-3-7-15(13)17/h2-3,5,7,9-11,17H,4,6,8,12H2,1H3,(H,22,24). The molecule has 1 atom stereocenters. The summed E-state index contributed by atoms with van der Waals surface area (Å²) in [7, 11) is -3.94. The Balaban J connectivity index is 1.80. The van der Waals surface area contributed by atoms with E-state index in [4.69, 9.17) is 0 Å². The van der Waals surface area contributed by atoms with Crippen LogP contribution in [0, 0.1) is 11.6 Å². The lowest BCUT2D eigenvalue weighted by Crippen LogP contribution is -2.42. The highest BCUT2D eigenvalue weighted by atomic mass is 32.2. The Morgan fingerprint density at radius 1 is 1.22 bits per heavy atom. The van der Waals surface area contributed by atoms with Gasteiger partial charge in [-0.25, -0.2) is 17.2 Å². The monoisotopic (exact) mass is 394 g/mol. The summed E-state index contributed by atoms with van der Waals surface area (Å²) in [6.07, 6.45) is 3.45. The first kappa shape index (κ1) is 19.3. The molecule has 144 valence electrons. The number of halogens is 2. The Morgan fingerprint density at radius 3 is 2.67 bits per heavy atom. The molecule has 27 heavy (non-hydrogen) atoms. The van der Waals surface area contributed by atoms with Crippen LogP contribution in [0.15, 0.2) is 42.5 Å². The molecule has 3 rings (SSSR count). The van der Waals surface area contributed by atoms with Gasteiger partial charge >= 0.3 is 0 Å². The number of nitrogens with zero attached hydrogens (tertiary/aromatic N) is 1. The Bertz CT molecular complexity index is 963. The van der Waals surface area contributed by atoms with E-state index in [1.54, 1.807) is 0 Å². The van der Waals surface area contributed by atoms with Gasteiger partial charge < -0.3 is 5.32 Å². The van der Waals surface area contributed by atoms with Crippen molar-refractivity contribution in [2.24, 2.45) is 0 Å². The smallest absolute Gasteiger partial charge is 0.241 e. The van der Waals surface area contributed by atoms with Crippen molar-refractivity contribution in [2.45, 2.75) is 25.3 Å². The maximum Gasteiger partial charge on any atom is 0.241 e. The summed E-state index contributed by atoms with van der Waals surface area (Å²) in [5.74, 6) is -2.42. The van der Waals surface area contributed by atoms with Crippen molar-refractivity contribution in [3.63, 3.8) is 0 Å². The van der Waals surface area contributed by atoms with Crippen molar-refractivity contribution < 1.29 is 22.0 Å². The van der Waals surface area contributed by atoms with Crippen molar-refractivity contribution in [2.75, 3.05) is 17.1 Å². The van der Waals surface area contributed by atoms with Gasteiger partial charge in [0.05, 0.1) is 18.0 Å². The first-order valence-electron chi connectivity index (χ1n) is 8.55. The number of benzene rings is 2. The summed E-state index contributed by atoms with van der Waals surface area (Å²) in [6.45, 7) is -0.583. The normalized spacial score (nSPS) is 16.5. The third-order valence-electron chi connectivity index (χ3n) is 4.57. The van der Waals surface area contributed by atoms with Gasteiger partial charge in [0.25, 0.3) is 0 Å². The minimum Gasteiger partial charge on any atom is -0.348 e. The molecule has 0 aromatic heterocycles. The van der Waals surface area contributed by atoms with Crippen LogP contribution in [0.1, 0.15) is 30.0 Å². The fourth-order valence-corrected chi connectivity index (χ4v) is 4.20. The minimum absolute atomic E-state index is 0.220. The average molecular weight is 394 g/mol. The fraction of sp³-hybridized carbons (Fsp3) is 0.316. The molecule has 0 bridgehead atoms. The Kier molecular flexibility index (Phi) is 5.46. The number of hydrogen-bond donors (Lipinski definition) is 1. The van der Waals surface area contributed by atoms with Gasteiger partial charge in [-0.1, -0.05) is 24.3 Å². The maximum atomic E-state index is 14.1. The molecule has 0 aliphatic heterocycles. The molecule has 2 aromatic carbocycles. The Hall–Kier alpha value is -2.48. The summed E-state index contributed by atoms with van der Waals surface area (Å²) in [5, 5.41) is 2.84. The molecule has 8 heteroatoms. The predicted octanol–water partition coefficient (Wildman–Crippen LogP) is 2.92. The molecule has 1 aliphatic rings. The largest absolute Gasteiger partial charge is 0.348 e. The lowest BCUT2D eigenvalue weighted by Gasteiger charge is -2.28. The zero-order valence-corrected chi connectivity index (χ0v) is 15.6. The molecule has 0 saturated carbocycles. The summed E-state index contributed by atoms with van der Waals surface area (Å²) < 4.78 is 52.0. The number of amides is 1. The van der Waals surface area contributed by atoms with Crippen LogP contribution in [0.3, 0.4) is 0 Å². The molecule has 0 heterocycles. The van der Waals surface area contributed by atoms with Gasteiger partial charge in [0.1, 0.15) is 18.2 Å². The number of anilines is 1. The van der Waals surface area contributed by atoms with Gasteiger partial charge in [-0.3, -0.25) is 9.10 Å². The van der Waals surface area contributed by atoms with E-state index < -0.39 is 34.1 Å². The van der Waals surface area contributed by atoms with Crippen LogP contribution in [-0.4, -0.2) is 27.1 Å². The molecule has 2 aromatic rings. The van der Waals surface area contributed by atoms with E-state index in [2.05, 4.69) is 5.32 Å². The highest BCUT2D eigenvalue weighted by molar-refractivity contribution is 7.92. The van der Waals surface area contributed by atoms with Crippen LogP contribution in [-0.2, 0) is 21.2 Å². The SMILES string of the molecule is CS(=O)(=O)N(CC(=O)NC1CCCc2ccccc21)c1ccc(F)cc1F. The lowest BCUT2D eigenvalue weighted by atomic mass is 9.88. The van der Waals surface area contributed by atoms with E-state index in [9.17, 15) is 22.0 Å². The zero-order chi connectivity index (χ0) is 19.6. The number of fused-ring (bicyclic) bond motifs is 1. The zero-order valence-electron chi connectivity index (χ0n) is 14.8. The number of aryl methyl sites for hydroxylation is 1. The number of rotatable bonds is 5. The second kappa shape index (κ2) is 7.64. The number of hydrogen-bond acceptors (Lipinski definition) is 3. The summed E-state index contributed by atoms with van der Waals surface area (Å²) in [6, 6.07) is 10.1. The van der Waals surface area contributed by atoms with Gasteiger partial charge in [0, 0.05) is 6.07 Å². The van der Waals surface area contributed by atoms with Crippen LogP contribution >= 0.6 is 0 Å². The summed E-state index contributed by atoms with van der Waals surface area (Å²) in [4.78, 5) is 12.5. The van der Waals surface area contributed by atoms with E-state index in [0.717, 1.165) is 48.8 Å². The molecule has 1 amide bonds. The second-order valence-electron chi connectivity index (χ2n) is 6.58. The van der Waals surface area contributed by atoms with E-state index in [1.165, 1.54) is 0 Å². The number of nitrogens with one attached hydrogen (secondary N) is 1. The topological polar surface area (TPSA) is 66.5 Å². The Morgan fingerprint density at radius 2 is 1.96 bits per heavy atom. The fourth-order valence-electron chi connectivity index (χ4n) is 3.34. The molecule has 0 saturated heterocycles. The van der Waals surface area contributed by atoms with Crippen LogP contribution in [0.5, 0.6) is 0 Å². The van der Waals surface area contributed by atoms with Crippen molar-refractivity contribution in [3.8, 4) is 0 Å². The molecule has 1 aliphatic carbocycles. The number of carbonyl (C=O) groups is 1. The summed E-state index contributed by atoms with van der Waals surface area (Å²) >= 11 is 0. The van der Waals surface area contributed by atoms with Crippen molar-refractivity contribution in [1.29, 1.82) is 0 Å². The molecule has 0 radical (unpaired) electrons. The van der Waals surface area contributed by atoms with E-state index in [1.807, 2.05) is 24.3 Å². The van der Waals surface area contributed by atoms with Crippen LogP contribution in [0.4, 0.5) is 14.5 Å². The van der Waals surface area contributed by atoms with Gasteiger partial charge in [-0.2, -0.15) is 0 Å².